The first-order valence-corrected chi connectivity index (χ1v) is 7.66. The van der Waals surface area contributed by atoms with E-state index in [9.17, 15) is 0 Å². The highest BCUT2D eigenvalue weighted by atomic mass is 35.5. The Labute approximate surface area is 142 Å². The van der Waals surface area contributed by atoms with Crippen molar-refractivity contribution in [2.24, 2.45) is 4.99 Å². The third-order valence-electron chi connectivity index (χ3n) is 3.36. The zero-order valence-corrected chi connectivity index (χ0v) is 14.3. The summed E-state index contributed by atoms with van der Waals surface area (Å²) in [5.74, 6) is 1.41. The van der Waals surface area contributed by atoms with E-state index in [4.69, 9.17) is 16.3 Å². The maximum absolute atomic E-state index is 6.03. The Hall–Kier alpha value is -2.27. The van der Waals surface area contributed by atoms with Gasteiger partial charge in [0, 0.05) is 44.0 Å². The van der Waals surface area contributed by atoms with E-state index in [1.54, 1.807) is 20.4 Å². The van der Waals surface area contributed by atoms with Crippen molar-refractivity contribution in [3.05, 3.63) is 58.7 Å². The number of pyridine rings is 1. The van der Waals surface area contributed by atoms with Gasteiger partial charge in [0.2, 0.25) is 5.88 Å². The molecule has 2 aromatic rings. The summed E-state index contributed by atoms with van der Waals surface area (Å²) in [5.41, 5.74) is 2.11. The van der Waals surface area contributed by atoms with Crippen LogP contribution >= 0.6 is 11.6 Å². The molecule has 0 aliphatic carbocycles. The Balaban J connectivity index is 1.99. The summed E-state index contributed by atoms with van der Waals surface area (Å²) in [6, 6.07) is 11.7. The van der Waals surface area contributed by atoms with Crippen molar-refractivity contribution < 1.29 is 4.74 Å². The zero-order chi connectivity index (χ0) is 16.7. The molecule has 23 heavy (non-hydrogen) atoms. The van der Waals surface area contributed by atoms with Gasteiger partial charge in [0.15, 0.2) is 5.96 Å². The lowest BCUT2D eigenvalue weighted by Crippen LogP contribution is -2.38. The standard InChI is InChI=1S/C17H21ClN4O/c1-19-17(21-11-14-7-5-9-20-16(14)23-3)22(2)12-13-6-4-8-15(18)10-13/h4-10H,11-12H2,1-3H3,(H,19,21). The molecule has 0 saturated carbocycles. The van der Waals surface area contributed by atoms with Crippen LogP contribution in [0, 0.1) is 0 Å². The quantitative estimate of drug-likeness (QED) is 0.675. The highest BCUT2D eigenvalue weighted by Crippen LogP contribution is 2.14. The van der Waals surface area contributed by atoms with Crippen LogP contribution in [0.2, 0.25) is 5.02 Å². The summed E-state index contributed by atoms with van der Waals surface area (Å²) in [6.07, 6.45) is 1.71. The number of aliphatic imine (C=N–C) groups is 1. The van der Waals surface area contributed by atoms with E-state index in [2.05, 4.69) is 15.3 Å². The van der Waals surface area contributed by atoms with Crippen molar-refractivity contribution in [1.29, 1.82) is 0 Å². The second-order valence-corrected chi connectivity index (χ2v) is 5.49. The molecule has 0 unspecified atom stereocenters. The van der Waals surface area contributed by atoms with Crippen molar-refractivity contribution in [3.8, 4) is 5.88 Å². The van der Waals surface area contributed by atoms with E-state index in [0.29, 0.717) is 19.0 Å². The van der Waals surface area contributed by atoms with Gasteiger partial charge in [0.25, 0.3) is 0 Å². The van der Waals surface area contributed by atoms with Crippen molar-refractivity contribution in [3.63, 3.8) is 0 Å². The number of nitrogens with one attached hydrogen (secondary N) is 1. The molecule has 5 nitrogen and oxygen atoms in total. The average molecular weight is 333 g/mol. The topological polar surface area (TPSA) is 49.8 Å². The van der Waals surface area contributed by atoms with E-state index in [1.165, 1.54) is 0 Å². The van der Waals surface area contributed by atoms with Crippen molar-refractivity contribution in [2.45, 2.75) is 13.1 Å². The highest BCUT2D eigenvalue weighted by molar-refractivity contribution is 6.30. The average Bonchev–Trinajstić information content (AvgIpc) is 2.55. The lowest BCUT2D eigenvalue weighted by Gasteiger charge is -2.22. The predicted octanol–water partition coefficient (Wildman–Crippen LogP) is 2.95. The minimum Gasteiger partial charge on any atom is -0.481 e. The summed E-state index contributed by atoms with van der Waals surface area (Å²) < 4.78 is 5.26. The van der Waals surface area contributed by atoms with Crippen LogP contribution in [-0.2, 0) is 13.1 Å². The van der Waals surface area contributed by atoms with Gasteiger partial charge in [0.1, 0.15) is 0 Å². The van der Waals surface area contributed by atoms with Gasteiger partial charge >= 0.3 is 0 Å². The molecule has 1 N–H and O–H groups in total. The van der Waals surface area contributed by atoms with Gasteiger partial charge < -0.3 is 15.0 Å². The molecule has 2 rings (SSSR count). The normalized spacial score (nSPS) is 11.2. The van der Waals surface area contributed by atoms with Gasteiger partial charge in [-0.1, -0.05) is 29.8 Å². The molecule has 1 aromatic carbocycles. The Morgan fingerprint density at radius 3 is 2.87 bits per heavy atom. The van der Waals surface area contributed by atoms with Crippen LogP contribution in [0.1, 0.15) is 11.1 Å². The van der Waals surface area contributed by atoms with E-state index in [1.807, 2.05) is 48.3 Å². The third kappa shape index (κ3) is 4.86. The maximum Gasteiger partial charge on any atom is 0.218 e. The van der Waals surface area contributed by atoms with Gasteiger partial charge in [-0.3, -0.25) is 4.99 Å². The number of halogens is 1. The summed E-state index contributed by atoms with van der Waals surface area (Å²) >= 11 is 6.03. The molecule has 0 bridgehead atoms. The molecule has 0 aliphatic rings. The second-order valence-electron chi connectivity index (χ2n) is 5.06. The van der Waals surface area contributed by atoms with Crippen LogP contribution < -0.4 is 10.1 Å². The van der Waals surface area contributed by atoms with Gasteiger partial charge in [-0.05, 0) is 23.8 Å². The van der Waals surface area contributed by atoms with E-state index >= 15 is 0 Å². The Morgan fingerprint density at radius 1 is 1.35 bits per heavy atom. The SMILES string of the molecule is CN=C(NCc1cccnc1OC)N(C)Cc1cccc(Cl)c1. The minimum absolute atomic E-state index is 0.587. The number of hydrogen-bond acceptors (Lipinski definition) is 3. The monoisotopic (exact) mass is 332 g/mol. The number of aromatic nitrogens is 1. The molecule has 0 saturated heterocycles. The number of methoxy groups -OCH3 is 1. The molecule has 6 heteroatoms. The summed E-state index contributed by atoms with van der Waals surface area (Å²) in [6.45, 7) is 1.30. The Bertz CT molecular complexity index is 675. The van der Waals surface area contributed by atoms with Crippen molar-refractivity contribution in [2.75, 3.05) is 21.2 Å². The summed E-state index contributed by atoms with van der Waals surface area (Å²) in [7, 11) is 5.36. The van der Waals surface area contributed by atoms with Crippen LogP contribution in [-0.4, -0.2) is 37.0 Å². The lowest BCUT2D eigenvalue weighted by molar-refractivity contribution is 0.391. The highest BCUT2D eigenvalue weighted by Gasteiger charge is 2.09. The molecule has 0 fully saturated rings. The summed E-state index contributed by atoms with van der Waals surface area (Å²) in [5, 5.41) is 4.05. The zero-order valence-electron chi connectivity index (χ0n) is 13.6. The molecule has 0 amide bonds. The fourth-order valence-corrected chi connectivity index (χ4v) is 2.50. The van der Waals surface area contributed by atoms with Gasteiger partial charge in [-0.2, -0.15) is 0 Å². The number of benzene rings is 1. The van der Waals surface area contributed by atoms with Crippen LogP contribution in [0.5, 0.6) is 5.88 Å². The smallest absolute Gasteiger partial charge is 0.218 e. The first-order chi connectivity index (χ1) is 11.1. The molecule has 0 aliphatic heterocycles. The number of ether oxygens (including phenoxy) is 1. The molecule has 1 heterocycles. The van der Waals surface area contributed by atoms with Crippen LogP contribution in [0.3, 0.4) is 0 Å². The number of hydrogen-bond donors (Lipinski definition) is 1. The van der Waals surface area contributed by atoms with Crippen molar-refractivity contribution >= 4 is 17.6 Å². The van der Waals surface area contributed by atoms with Gasteiger partial charge in [-0.15, -0.1) is 0 Å². The molecule has 0 atom stereocenters. The van der Waals surface area contributed by atoms with Crippen molar-refractivity contribution in [1.82, 2.24) is 15.2 Å². The van der Waals surface area contributed by atoms with Crippen LogP contribution in [0.15, 0.2) is 47.6 Å². The molecule has 0 spiro atoms. The molecular formula is C17H21ClN4O. The van der Waals surface area contributed by atoms with Crippen LogP contribution in [0.25, 0.3) is 0 Å². The third-order valence-corrected chi connectivity index (χ3v) is 3.60. The number of nitrogens with zero attached hydrogens (tertiary/aromatic N) is 3. The number of guanidine groups is 1. The van der Waals surface area contributed by atoms with E-state index < -0.39 is 0 Å². The fraction of sp³-hybridized carbons (Fsp3) is 0.294. The minimum atomic E-state index is 0.587. The van der Waals surface area contributed by atoms with Crippen LogP contribution in [0.4, 0.5) is 0 Å². The summed E-state index contributed by atoms with van der Waals surface area (Å²) in [4.78, 5) is 10.5. The fourth-order valence-electron chi connectivity index (χ4n) is 2.29. The second kappa shape index (κ2) is 8.39. The number of rotatable bonds is 5. The molecule has 1 aromatic heterocycles. The molecular weight excluding hydrogens is 312 g/mol. The van der Waals surface area contributed by atoms with Gasteiger partial charge in [-0.25, -0.2) is 4.98 Å². The predicted molar refractivity (Wildman–Crippen MR) is 93.9 cm³/mol. The van der Waals surface area contributed by atoms with E-state index in [-0.39, 0.29) is 0 Å². The Kier molecular flexibility index (Phi) is 6.23. The van der Waals surface area contributed by atoms with Gasteiger partial charge in [0.05, 0.1) is 7.11 Å². The largest absolute Gasteiger partial charge is 0.481 e. The first-order valence-electron chi connectivity index (χ1n) is 7.28. The first kappa shape index (κ1) is 17.1. The lowest BCUT2D eigenvalue weighted by atomic mass is 10.2. The van der Waals surface area contributed by atoms with E-state index in [0.717, 1.165) is 22.1 Å². The maximum atomic E-state index is 6.03. The molecule has 122 valence electrons. The molecule has 0 radical (unpaired) electrons. The Morgan fingerprint density at radius 2 is 2.17 bits per heavy atom.